The topological polar surface area (TPSA) is 123 Å². The summed E-state index contributed by atoms with van der Waals surface area (Å²) in [6.07, 6.45) is 7.53. The Hall–Kier alpha value is -4.44. The fourth-order valence-corrected chi connectivity index (χ4v) is 6.99. The normalized spacial score (nSPS) is 14.2. The second-order valence-electron chi connectivity index (χ2n) is 10.4. The maximum absolute atomic E-state index is 13.8. The average Bonchev–Trinajstić information content (AvgIpc) is 3.61. The van der Waals surface area contributed by atoms with Crippen molar-refractivity contribution >= 4 is 54.8 Å². The Bertz CT molecular complexity index is 1870. The molecule has 1 aliphatic carbocycles. The van der Waals surface area contributed by atoms with E-state index in [-0.39, 0.29) is 28.2 Å². The highest BCUT2D eigenvalue weighted by atomic mass is 32.2. The smallest absolute Gasteiger partial charge is 0.262 e. The Morgan fingerprint density at radius 1 is 1.00 bits per heavy atom. The Balaban J connectivity index is 1.36. The van der Waals surface area contributed by atoms with Crippen LogP contribution in [-0.4, -0.2) is 42.8 Å². The van der Waals surface area contributed by atoms with E-state index >= 15 is 0 Å². The maximum Gasteiger partial charge on any atom is 0.262 e. The fourth-order valence-electron chi connectivity index (χ4n) is 5.72. The molecule has 0 atom stereocenters. The number of nitrogens with two attached hydrogens (primary N) is 1. The summed E-state index contributed by atoms with van der Waals surface area (Å²) in [6.45, 7) is 0. The highest BCUT2D eigenvalue weighted by molar-refractivity contribution is 7.93. The third kappa shape index (κ3) is 4.44. The standard InChI is InChI=1S/C30H30N6O3S/c1-35(2)25-14-6-13-23-22(25)12-7-15-26(23)40(38,39)34-20-9-5-8-19(16-20)28(37)24-17-36(21-10-3-4-11-21)30-27(24)29(31)32-18-33-30/h5-9,12-18,21,34H,3-4,10-11H2,1-2H3,(H2,31,32,33). The van der Waals surface area contributed by atoms with Gasteiger partial charge in [-0.1, -0.05) is 49.2 Å². The number of hydrogen-bond acceptors (Lipinski definition) is 7. The Morgan fingerprint density at radius 2 is 1.73 bits per heavy atom. The molecule has 0 amide bonds. The number of nitrogens with one attached hydrogen (secondary N) is 1. The molecule has 2 aromatic heterocycles. The first-order valence-electron chi connectivity index (χ1n) is 13.2. The van der Waals surface area contributed by atoms with E-state index in [4.69, 9.17) is 5.73 Å². The van der Waals surface area contributed by atoms with Crippen LogP contribution in [0.2, 0.25) is 0 Å². The molecule has 1 saturated carbocycles. The zero-order chi connectivity index (χ0) is 28.0. The van der Waals surface area contributed by atoms with Crippen LogP contribution in [0.25, 0.3) is 21.8 Å². The van der Waals surface area contributed by atoms with Crippen LogP contribution < -0.4 is 15.4 Å². The first kappa shape index (κ1) is 25.8. The van der Waals surface area contributed by atoms with Crippen molar-refractivity contribution in [3.8, 4) is 0 Å². The van der Waals surface area contributed by atoms with Crippen molar-refractivity contribution in [1.82, 2.24) is 14.5 Å². The van der Waals surface area contributed by atoms with Gasteiger partial charge < -0.3 is 15.2 Å². The van der Waals surface area contributed by atoms with E-state index in [9.17, 15) is 13.2 Å². The first-order chi connectivity index (χ1) is 19.2. The van der Waals surface area contributed by atoms with Gasteiger partial charge in [-0.05, 0) is 37.1 Å². The third-order valence-electron chi connectivity index (χ3n) is 7.61. The summed E-state index contributed by atoms with van der Waals surface area (Å²) in [5.41, 5.74) is 8.82. The summed E-state index contributed by atoms with van der Waals surface area (Å²) in [5, 5.41) is 1.97. The quantitative estimate of drug-likeness (QED) is 0.259. The molecule has 0 bridgehead atoms. The maximum atomic E-state index is 13.8. The number of rotatable bonds is 7. The Kier molecular flexibility index (Phi) is 6.42. The van der Waals surface area contributed by atoms with Crippen molar-refractivity contribution < 1.29 is 13.2 Å². The lowest BCUT2D eigenvalue weighted by Crippen LogP contribution is -2.14. The van der Waals surface area contributed by atoms with Crippen molar-refractivity contribution in [2.45, 2.75) is 36.6 Å². The summed E-state index contributed by atoms with van der Waals surface area (Å²) in [6, 6.07) is 17.6. The lowest BCUT2D eigenvalue weighted by molar-refractivity contribution is 0.104. The molecular weight excluding hydrogens is 524 g/mol. The van der Waals surface area contributed by atoms with Crippen LogP contribution in [0.1, 0.15) is 47.6 Å². The van der Waals surface area contributed by atoms with Gasteiger partial charge in [-0.3, -0.25) is 9.52 Å². The van der Waals surface area contributed by atoms with E-state index in [1.807, 2.05) is 48.0 Å². The van der Waals surface area contributed by atoms with Crippen LogP contribution in [0.3, 0.4) is 0 Å². The van der Waals surface area contributed by atoms with Crippen LogP contribution in [0.4, 0.5) is 17.2 Å². The molecule has 1 fully saturated rings. The number of hydrogen-bond donors (Lipinski definition) is 2. The molecule has 1 aliphatic rings. The predicted octanol–water partition coefficient (Wildman–Crippen LogP) is 5.38. The Labute approximate surface area is 232 Å². The number of sulfonamides is 1. The van der Waals surface area contributed by atoms with Gasteiger partial charge in [0.25, 0.3) is 10.0 Å². The van der Waals surface area contributed by atoms with Crippen LogP contribution in [0.15, 0.2) is 78.1 Å². The van der Waals surface area contributed by atoms with Gasteiger partial charge in [-0.25, -0.2) is 18.4 Å². The van der Waals surface area contributed by atoms with Crippen molar-refractivity contribution in [2.24, 2.45) is 0 Å². The number of benzene rings is 3. The molecule has 204 valence electrons. The largest absolute Gasteiger partial charge is 0.383 e. The second kappa shape index (κ2) is 9.95. The monoisotopic (exact) mass is 554 g/mol. The number of carbonyl (C=O) groups excluding carboxylic acids is 1. The SMILES string of the molecule is CN(C)c1cccc2c(S(=O)(=O)Nc3cccc(C(=O)c4cn(C5CCCC5)c5ncnc(N)c45)c3)cccc12. The van der Waals surface area contributed by atoms with E-state index < -0.39 is 10.0 Å². The minimum absolute atomic E-state index is 0.162. The highest BCUT2D eigenvalue weighted by Gasteiger charge is 2.26. The van der Waals surface area contributed by atoms with E-state index in [1.165, 1.54) is 6.33 Å². The second-order valence-corrected chi connectivity index (χ2v) is 12.0. The molecule has 0 saturated heterocycles. The molecule has 0 radical (unpaired) electrons. The summed E-state index contributed by atoms with van der Waals surface area (Å²) < 4.78 is 31.9. The van der Waals surface area contributed by atoms with E-state index in [1.54, 1.807) is 42.5 Å². The summed E-state index contributed by atoms with van der Waals surface area (Å²) >= 11 is 0. The van der Waals surface area contributed by atoms with Crippen LogP contribution >= 0.6 is 0 Å². The highest BCUT2D eigenvalue weighted by Crippen LogP contribution is 2.36. The van der Waals surface area contributed by atoms with Gasteiger partial charge in [-0.2, -0.15) is 0 Å². The summed E-state index contributed by atoms with van der Waals surface area (Å²) in [5.74, 6) is -0.0277. The van der Waals surface area contributed by atoms with Gasteiger partial charge in [0.2, 0.25) is 0 Å². The molecule has 5 aromatic rings. The van der Waals surface area contributed by atoms with Gasteiger partial charge in [0.15, 0.2) is 5.78 Å². The van der Waals surface area contributed by atoms with Crippen LogP contribution in [0, 0.1) is 0 Å². The van der Waals surface area contributed by atoms with Crippen molar-refractivity contribution in [3.05, 3.63) is 84.3 Å². The number of carbonyl (C=O) groups is 1. The molecule has 0 spiro atoms. The van der Waals surface area contributed by atoms with Crippen LogP contribution in [-0.2, 0) is 10.0 Å². The molecule has 9 nitrogen and oxygen atoms in total. The van der Waals surface area contributed by atoms with Crippen molar-refractivity contribution in [1.29, 1.82) is 0 Å². The van der Waals surface area contributed by atoms with Gasteiger partial charge >= 0.3 is 0 Å². The molecule has 3 N–H and O–H groups in total. The fraction of sp³-hybridized carbons (Fsp3) is 0.233. The Morgan fingerprint density at radius 3 is 2.50 bits per heavy atom. The zero-order valence-corrected chi connectivity index (χ0v) is 23.1. The van der Waals surface area contributed by atoms with Gasteiger partial charge in [0.1, 0.15) is 17.8 Å². The molecule has 40 heavy (non-hydrogen) atoms. The zero-order valence-electron chi connectivity index (χ0n) is 22.3. The molecule has 2 heterocycles. The van der Waals surface area contributed by atoms with Gasteiger partial charge in [0, 0.05) is 54.0 Å². The molecule has 6 rings (SSSR count). The van der Waals surface area contributed by atoms with E-state index in [0.717, 1.165) is 36.8 Å². The number of aromatic nitrogens is 3. The van der Waals surface area contributed by atoms with Gasteiger partial charge in [-0.15, -0.1) is 0 Å². The number of fused-ring (bicyclic) bond motifs is 2. The molecule has 0 aliphatic heterocycles. The number of ketones is 1. The minimum atomic E-state index is -3.96. The minimum Gasteiger partial charge on any atom is -0.383 e. The van der Waals surface area contributed by atoms with Crippen LogP contribution in [0.5, 0.6) is 0 Å². The van der Waals surface area contributed by atoms with Gasteiger partial charge in [0.05, 0.1) is 15.8 Å². The molecule has 3 aromatic carbocycles. The van der Waals surface area contributed by atoms with E-state index in [0.29, 0.717) is 27.5 Å². The average molecular weight is 555 g/mol. The molecule has 10 heteroatoms. The third-order valence-corrected chi connectivity index (χ3v) is 9.05. The number of anilines is 3. The lowest BCUT2D eigenvalue weighted by atomic mass is 10.0. The molecule has 0 unspecified atom stereocenters. The summed E-state index contributed by atoms with van der Waals surface area (Å²) in [7, 11) is -0.125. The summed E-state index contributed by atoms with van der Waals surface area (Å²) in [4.78, 5) is 24.5. The van der Waals surface area contributed by atoms with E-state index in [2.05, 4.69) is 14.7 Å². The first-order valence-corrected chi connectivity index (χ1v) is 14.7. The predicted molar refractivity (Wildman–Crippen MR) is 158 cm³/mol. The number of nitrogen functional groups attached to an aromatic ring is 1. The number of nitrogens with zero attached hydrogens (tertiary/aromatic N) is 4. The van der Waals surface area contributed by atoms with Crippen molar-refractivity contribution in [2.75, 3.05) is 29.5 Å². The lowest BCUT2D eigenvalue weighted by Gasteiger charge is -2.17. The molecular formula is C30H30N6O3S. The van der Waals surface area contributed by atoms with Crippen molar-refractivity contribution in [3.63, 3.8) is 0 Å².